The van der Waals surface area contributed by atoms with Gasteiger partial charge >= 0.3 is 0 Å². The van der Waals surface area contributed by atoms with Gasteiger partial charge in [-0.05, 0) is 37.7 Å². The number of thioether (sulfide) groups is 1. The molecule has 1 N–H and O–H groups in total. The second-order valence-corrected chi connectivity index (χ2v) is 7.49. The first-order valence-corrected chi connectivity index (χ1v) is 10.3. The molecule has 138 valence electrons. The maximum atomic E-state index is 12.0. The first kappa shape index (κ1) is 18.7. The lowest BCUT2D eigenvalue weighted by molar-refractivity contribution is -0.118. The van der Waals surface area contributed by atoms with Gasteiger partial charge < -0.3 is 10.2 Å². The summed E-state index contributed by atoms with van der Waals surface area (Å²) in [6.45, 7) is 2.82. The van der Waals surface area contributed by atoms with Gasteiger partial charge in [-0.1, -0.05) is 42.1 Å². The van der Waals surface area contributed by atoms with Crippen LogP contribution in [0.15, 0.2) is 47.8 Å². The van der Waals surface area contributed by atoms with E-state index in [9.17, 15) is 4.79 Å². The second-order valence-electron chi connectivity index (χ2n) is 6.49. The van der Waals surface area contributed by atoms with E-state index in [4.69, 9.17) is 0 Å². The highest BCUT2D eigenvalue weighted by Gasteiger charge is 2.13. The summed E-state index contributed by atoms with van der Waals surface area (Å²) in [7, 11) is 0. The minimum Gasteiger partial charge on any atom is -0.356 e. The summed E-state index contributed by atoms with van der Waals surface area (Å²) < 4.78 is 0. The van der Waals surface area contributed by atoms with Gasteiger partial charge in [-0.2, -0.15) is 0 Å². The SMILES string of the molecule is O=C(CSc1cc(N2CCCCC2)ncn1)NCCCc1ccccc1. The number of carbonyl (C=O) groups is 1. The molecule has 0 atom stereocenters. The number of hydrogen-bond donors (Lipinski definition) is 1. The fourth-order valence-electron chi connectivity index (χ4n) is 3.06. The number of benzene rings is 1. The highest BCUT2D eigenvalue weighted by atomic mass is 32.2. The summed E-state index contributed by atoms with van der Waals surface area (Å²) in [6.07, 6.45) is 7.28. The average Bonchev–Trinajstić information content (AvgIpc) is 2.71. The lowest BCUT2D eigenvalue weighted by Crippen LogP contribution is -2.30. The molecule has 6 heteroatoms. The molecule has 1 aliphatic rings. The van der Waals surface area contributed by atoms with E-state index in [2.05, 4.69) is 32.3 Å². The molecule has 1 saturated heterocycles. The largest absolute Gasteiger partial charge is 0.356 e. The van der Waals surface area contributed by atoms with Crippen LogP contribution in [0.3, 0.4) is 0 Å². The Morgan fingerprint density at radius 2 is 1.92 bits per heavy atom. The molecule has 2 heterocycles. The molecule has 1 aromatic carbocycles. The molecular weight excluding hydrogens is 344 g/mol. The van der Waals surface area contributed by atoms with E-state index in [-0.39, 0.29) is 5.91 Å². The number of aromatic nitrogens is 2. The predicted molar refractivity (Wildman–Crippen MR) is 107 cm³/mol. The third-order valence-corrected chi connectivity index (χ3v) is 5.39. The minimum atomic E-state index is 0.0567. The number of nitrogens with zero attached hydrogens (tertiary/aromatic N) is 3. The summed E-state index contributed by atoms with van der Waals surface area (Å²) in [5, 5.41) is 3.85. The van der Waals surface area contributed by atoms with Crippen molar-refractivity contribution in [3.63, 3.8) is 0 Å². The summed E-state index contributed by atoms with van der Waals surface area (Å²) in [4.78, 5) is 23.0. The molecule has 5 nitrogen and oxygen atoms in total. The first-order chi connectivity index (χ1) is 12.8. The first-order valence-electron chi connectivity index (χ1n) is 9.32. The second kappa shape index (κ2) is 10.2. The third-order valence-electron chi connectivity index (χ3n) is 4.47. The zero-order chi connectivity index (χ0) is 18.0. The predicted octanol–water partition coefficient (Wildman–Crippen LogP) is 3.31. The maximum Gasteiger partial charge on any atom is 0.230 e. The lowest BCUT2D eigenvalue weighted by Gasteiger charge is -2.27. The van der Waals surface area contributed by atoms with Crippen LogP contribution in [0.25, 0.3) is 0 Å². The zero-order valence-corrected chi connectivity index (χ0v) is 15.9. The number of anilines is 1. The normalized spacial score (nSPS) is 14.2. The number of rotatable bonds is 8. The molecule has 0 radical (unpaired) electrons. The molecule has 0 spiro atoms. The van der Waals surface area contributed by atoms with Crippen molar-refractivity contribution in [1.29, 1.82) is 0 Å². The quantitative estimate of drug-likeness (QED) is 0.439. The summed E-state index contributed by atoms with van der Waals surface area (Å²) in [5.74, 6) is 1.42. The van der Waals surface area contributed by atoms with Crippen LogP contribution < -0.4 is 10.2 Å². The Hall–Kier alpha value is -2.08. The molecule has 0 bridgehead atoms. The number of amides is 1. The maximum absolute atomic E-state index is 12.0. The van der Waals surface area contributed by atoms with Crippen molar-refractivity contribution in [3.05, 3.63) is 48.3 Å². The van der Waals surface area contributed by atoms with Gasteiger partial charge in [0.15, 0.2) is 0 Å². The van der Waals surface area contributed by atoms with Crippen LogP contribution in [0.2, 0.25) is 0 Å². The molecule has 2 aromatic rings. The van der Waals surface area contributed by atoms with Crippen molar-refractivity contribution in [2.24, 2.45) is 0 Å². The van der Waals surface area contributed by atoms with Crippen molar-refractivity contribution in [3.8, 4) is 0 Å². The van der Waals surface area contributed by atoms with Gasteiger partial charge in [-0.15, -0.1) is 0 Å². The Balaban J connectivity index is 1.37. The average molecular weight is 371 g/mol. The Bertz CT molecular complexity index is 689. The molecule has 0 saturated carbocycles. The highest BCUT2D eigenvalue weighted by molar-refractivity contribution is 7.99. The third kappa shape index (κ3) is 6.02. The molecule has 1 aliphatic heterocycles. The van der Waals surface area contributed by atoms with Crippen LogP contribution in [0.1, 0.15) is 31.2 Å². The summed E-state index contributed by atoms with van der Waals surface area (Å²) in [6, 6.07) is 12.3. The Labute approximate surface area is 159 Å². The molecule has 1 amide bonds. The van der Waals surface area contributed by atoms with Gasteiger partial charge in [-0.25, -0.2) is 9.97 Å². The topological polar surface area (TPSA) is 58.1 Å². The number of aryl methyl sites for hydroxylation is 1. The Kier molecular flexibility index (Phi) is 7.31. The fourth-order valence-corrected chi connectivity index (χ4v) is 3.75. The number of nitrogens with one attached hydrogen (secondary N) is 1. The number of hydrogen-bond acceptors (Lipinski definition) is 5. The monoisotopic (exact) mass is 370 g/mol. The highest BCUT2D eigenvalue weighted by Crippen LogP contribution is 2.22. The Morgan fingerprint density at radius 3 is 2.73 bits per heavy atom. The van der Waals surface area contributed by atoms with E-state index in [1.807, 2.05) is 24.3 Å². The van der Waals surface area contributed by atoms with Crippen LogP contribution in [0, 0.1) is 0 Å². The van der Waals surface area contributed by atoms with E-state index in [1.54, 1.807) is 6.33 Å². The van der Waals surface area contributed by atoms with Crippen molar-refractivity contribution < 1.29 is 4.79 Å². The molecule has 26 heavy (non-hydrogen) atoms. The standard InChI is InChI=1S/C20H26N4OS/c25-19(21-11-7-10-17-8-3-1-4-9-17)15-26-20-14-18(22-16-23-20)24-12-5-2-6-13-24/h1,3-4,8-9,14,16H,2,5-7,10-13,15H2,(H,21,25). The summed E-state index contributed by atoms with van der Waals surface area (Å²) in [5.41, 5.74) is 1.31. The van der Waals surface area contributed by atoms with Crippen molar-refractivity contribution in [2.45, 2.75) is 37.1 Å². The van der Waals surface area contributed by atoms with Gasteiger partial charge in [0.05, 0.1) is 5.75 Å². The van der Waals surface area contributed by atoms with Crippen LogP contribution in [-0.4, -0.2) is 41.3 Å². The van der Waals surface area contributed by atoms with Crippen LogP contribution >= 0.6 is 11.8 Å². The fraction of sp³-hybridized carbons (Fsp3) is 0.450. The molecule has 3 rings (SSSR count). The zero-order valence-electron chi connectivity index (χ0n) is 15.1. The number of piperidine rings is 1. The van der Waals surface area contributed by atoms with Crippen LogP contribution in [0.4, 0.5) is 5.82 Å². The van der Waals surface area contributed by atoms with Crippen molar-refractivity contribution >= 4 is 23.5 Å². The summed E-state index contributed by atoms with van der Waals surface area (Å²) >= 11 is 1.47. The van der Waals surface area contributed by atoms with Gasteiger partial charge in [0.2, 0.25) is 5.91 Å². The van der Waals surface area contributed by atoms with E-state index in [0.717, 1.165) is 36.8 Å². The molecule has 0 aliphatic carbocycles. The number of carbonyl (C=O) groups excluding carboxylic acids is 1. The van der Waals surface area contributed by atoms with Gasteiger partial charge in [-0.3, -0.25) is 4.79 Å². The van der Waals surface area contributed by atoms with E-state index < -0.39 is 0 Å². The Morgan fingerprint density at radius 1 is 1.12 bits per heavy atom. The molecule has 1 aromatic heterocycles. The molecule has 0 unspecified atom stereocenters. The smallest absolute Gasteiger partial charge is 0.230 e. The van der Waals surface area contributed by atoms with Crippen LogP contribution in [0.5, 0.6) is 0 Å². The molecular formula is C20H26N4OS. The van der Waals surface area contributed by atoms with Gasteiger partial charge in [0.25, 0.3) is 0 Å². The minimum absolute atomic E-state index is 0.0567. The van der Waals surface area contributed by atoms with Crippen LogP contribution in [-0.2, 0) is 11.2 Å². The van der Waals surface area contributed by atoms with Crippen molar-refractivity contribution in [2.75, 3.05) is 30.3 Å². The lowest BCUT2D eigenvalue weighted by atomic mass is 10.1. The van der Waals surface area contributed by atoms with E-state index in [1.165, 1.54) is 36.6 Å². The van der Waals surface area contributed by atoms with Gasteiger partial charge in [0.1, 0.15) is 17.2 Å². The van der Waals surface area contributed by atoms with Crippen molar-refractivity contribution in [1.82, 2.24) is 15.3 Å². The van der Waals surface area contributed by atoms with Gasteiger partial charge in [0, 0.05) is 25.7 Å². The molecule has 1 fully saturated rings. The van der Waals surface area contributed by atoms with E-state index in [0.29, 0.717) is 12.3 Å². The van der Waals surface area contributed by atoms with E-state index >= 15 is 0 Å².